The summed E-state index contributed by atoms with van der Waals surface area (Å²) in [7, 11) is 3.61. The number of pyridine rings is 1. The zero-order chi connectivity index (χ0) is 21.2. The van der Waals surface area contributed by atoms with E-state index in [1.165, 1.54) is 0 Å². The molecular weight excluding hydrogens is 390 g/mol. The quantitative estimate of drug-likeness (QED) is 0.458. The second-order valence-electron chi connectivity index (χ2n) is 7.20. The summed E-state index contributed by atoms with van der Waals surface area (Å²) in [6.45, 7) is 0.656. The fourth-order valence-electron chi connectivity index (χ4n) is 3.42. The number of methoxy groups -OCH3 is 1. The molecule has 1 N–H and O–H groups in total. The van der Waals surface area contributed by atoms with Crippen LogP contribution in [0.4, 0.5) is 5.82 Å². The molecule has 0 aliphatic carbocycles. The number of fused-ring (bicyclic) bond motifs is 1. The minimum atomic E-state index is 0.656. The Bertz CT molecular complexity index is 1340. The molecule has 0 aliphatic heterocycles. The number of aromatic nitrogens is 6. The second-order valence-corrected chi connectivity index (χ2v) is 7.20. The van der Waals surface area contributed by atoms with Crippen LogP contribution in [0.15, 0.2) is 73.7 Å². The van der Waals surface area contributed by atoms with Crippen LogP contribution in [0, 0.1) is 0 Å². The van der Waals surface area contributed by atoms with Crippen molar-refractivity contribution in [3.05, 3.63) is 79.3 Å². The monoisotopic (exact) mass is 411 g/mol. The van der Waals surface area contributed by atoms with Gasteiger partial charge >= 0.3 is 0 Å². The van der Waals surface area contributed by atoms with Gasteiger partial charge in [0.05, 0.1) is 36.7 Å². The second kappa shape index (κ2) is 7.91. The van der Waals surface area contributed by atoms with Gasteiger partial charge in [0.15, 0.2) is 0 Å². The Hall–Kier alpha value is -4.20. The number of hydrogen-bond donors (Lipinski definition) is 1. The fraction of sp³-hybridized carbons (Fsp3) is 0.130. The molecular formula is C23H21N7O. The average molecular weight is 411 g/mol. The first-order chi connectivity index (χ1) is 15.2. The van der Waals surface area contributed by atoms with E-state index in [0.717, 1.165) is 45.4 Å². The van der Waals surface area contributed by atoms with Crippen molar-refractivity contribution in [3.63, 3.8) is 0 Å². The van der Waals surface area contributed by atoms with E-state index in [2.05, 4.69) is 49.5 Å². The lowest BCUT2D eigenvalue weighted by atomic mass is 10.1. The van der Waals surface area contributed by atoms with Crippen LogP contribution in [0.5, 0.6) is 5.75 Å². The molecule has 0 amide bonds. The highest BCUT2D eigenvalue weighted by Crippen LogP contribution is 2.23. The Morgan fingerprint density at radius 2 is 1.84 bits per heavy atom. The van der Waals surface area contributed by atoms with Gasteiger partial charge in [0.1, 0.15) is 23.5 Å². The largest absolute Gasteiger partial charge is 0.497 e. The number of nitrogens with zero attached hydrogens (tertiary/aromatic N) is 6. The maximum absolute atomic E-state index is 5.27. The van der Waals surface area contributed by atoms with Crippen LogP contribution in [0.25, 0.3) is 28.3 Å². The lowest BCUT2D eigenvalue weighted by Gasteiger charge is -2.08. The number of imidazole rings is 2. The van der Waals surface area contributed by atoms with Gasteiger partial charge in [0.25, 0.3) is 0 Å². The highest BCUT2D eigenvalue weighted by molar-refractivity contribution is 5.63. The van der Waals surface area contributed by atoms with E-state index in [-0.39, 0.29) is 0 Å². The normalized spacial score (nSPS) is 11.0. The molecule has 0 radical (unpaired) electrons. The van der Waals surface area contributed by atoms with Crippen LogP contribution in [-0.4, -0.2) is 36.0 Å². The number of benzene rings is 1. The predicted octanol–water partition coefficient (Wildman–Crippen LogP) is 3.81. The van der Waals surface area contributed by atoms with Crippen LogP contribution < -0.4 is 10.1 Å². The van der Waals surface area contributed by atoms with Gasteiger partial charge in [-0.15, -0.1) is 0 Å². The third-order valence-corrected chi connectivity index (χ3v) is 5.08. The van der Waals surface area contributed by atoms with E-state index in [1.54, 1.807) is 26.0 Å². The molecule has 4 heterocycles. The van der Waals surface area contributed by atoms with Gasteiger partial charge in [-0.3, -0.25) is 4.40 Å². The Balaban J connectivity index is 1.32. The summed E-state index contributed by atoms with van der Waals surface area (Å²) < 4.78 is 9.19. The van der Waals surface area contributed by atoms with Crippen molar-refractivity contribution < 1.29 is 4.74 Å². The maximum Gasteiger partial charge on any atom is 0.140 e. The van der Waals surface area contributed by atoms with Crippen molar-refractivity contribution in [2.45, 2.75) is 6.54 Å². The Morgan fingerprint density at radius 3 is 2.61 bits per heavy atom. The zero-order valence-corrected chi connectivity index (χ0v) is 17.2. The molecule has 5 rings (SSSR count). The molecule has 0 bridgehead atoms. The molecule has 0 saturated heterocycles. The molecule has 8 nitrogen and oxygen atoms in total. The molecule has 5 aromatic rings. The summed E-state index contributed by atoms with van der Waals surface area (Å²) in [5, 5.41) is 3.37. The van der Waals surface area contributed by atoms with Crippen molar-refractivity contribution in [2.75, 3.05) is 12.4 Å². The van der Waals surface area contributed by atoms with Crippen molar-refractivity contribution in [2.24, 2.45) is 7.05 Å². The molecule has 4 aromatic heterocycles. The van der Waals surface area contributed by atoms with Crippen molar-refractivity contribution in [1.29, 1.82) is 0 Å². The number of nitrogens with one attached hydrogen (secondary N) is 1. The molecule has 0 saturated carbocycles. The van der Waals surface area contributed by atoms with Crippen molar-refractivity contribution >= 4 is 11.5 Å². The molecule has 31 heavy (non-hydrogen) atoms. The molecule has 1 aromatic carbocycles. The van der Waals surface area contributed by atoms with Crippen molar-refractivity contribution in [1.82, 2.24) is 28.9 Å². The number of rotatable bonds is 6. The van der Waals surface area contributed by atoms with Gasteiger partial charge in [-0.25, -0.2) is 19.9 Å². The van der Waals surface area contributed by atoms with Crippen LogP contribution in [0.2, 0.25) is 0 Å². The molecule has 0 spiro atoms. The average Bonchev–Trinajstić information content (AvgIpc) is 3.44. The van der Waals surface area contributed by atoms with Crippen molar-refractivity contribution in [3.8, 4) is 28.4 Å². The molecule has 0 atom stereocenters. The summed E-state index contributed by atoms with van der Waals surface area (Å²) in [6.07, 6.45) is 9.10. The maximum atomic E-state index is 5.27. The van der Waals surface area contributed by atoms with E-state index in [0.29, 0.717) is 6.54 Å². The summed E-state index contributed by atoms with van der Waals surface area (Å²) >= 11 is 0. The topological polar surface area (TPSA) is 82.2 Å². The molecule has 0 fully saturated rings. The summed E-state index contributed by atoms with van der Waals surface area (Å²) in [4.78, 5) is 17.6. The van der Waals surface area contributed by atoms with Gasteiger partial charge in [-0.2, -0.15) is 0 Å². The van der Waals surface area contributed by atoms with Crippen LogP contribution in [0.1, 0.15) is 5.56 Å². The third kappa shape index (κ3) is 3.83. The van der Waals surface area contributed by atoms with E-state index >= 15 is 0 Å². The smallest absolute Gasteiger partial charge is 0.140 e. The van der Waals surface area contributed by atoms with Gasteiger partial charge in [0, 0.05) is 43.7 Å². The highest BCUT2D eigenvalue weighted by atomic mass is 16.5. The first-order valence-corrected chi connectivity index (χ1v) is 9.84. The first kappa shape index (κ1) is 18.8. The number of ether oxygens (including phenoxy) is 1. The molecule has 154 valence electrons. The van der Waals surface area contributed by atoms with Gasteiger partial charge in [-0.05, 0) is 11.6 Å². The number of aryl methyl sites for hydroxylation is 1. The van der Waals surface area contributed by atoms with E-state index in [1.807, 2.05) is 46.6 Å². The van der Waals surface area contributed by atoms with E-state index in [4.69, 9.17) is 4.74 Å². The molecule has 8 heteroatoms. The molecule has 0 unspecified atom stereocenters. The minimum absolute atomic E-state index is 0.656. The van der Waals surface area contributed by atoms with E-state index in [9.17, 15) is 0 Å². The predicted molar refractivity (Wildman–Crippen MR) is 119 cm³/mol. The highest BCUT2D eigenvalue weighted by Gasteiger charge is 2.09. The lowest BCUT2D eigenvalue weighted by Crippen LogP contribution is -2.02. The summed E-state index contributed by atoms with van der Waals surface area (Å²) in [5.41, 5.74) is 5.70. The van der Waals surface area contributed by atoms with Gasteiger partial charge in [0.2, 0.25) is 0 Å². The Morgan fingerprint density at radius 1 is 0.968 bits per heavy atom. The van der Waals surface area contributed by atoms with Gasteiger partial charge in [-0.1, -0.05) is 24.3 Å². The number of hydrogen-bond acceptors (Lipinski definition) is 6. The minimum Gasteiger partial charge on any atom is -0.497 e. The molecule has 0 aliphatic rings. The summed E-state index contributed by atoms with van der Waals surface area (Å²) in [5.74, 6) is 1.52. The van der Waals surface area contributed by atoms with Crippen LogP contribution in [0.3, 0.4) is 0 Å². The Labute approximate surface area is 179 Å². The standard InChI is InChI=1S/C23H21N7O/c1-29-13-20(28-15-29)17-5-3-16(4-6-17)11-24-22-10-19(26-14-27-22)21-12-25-23-9-18(31-2)7-8-30(21)23/h3-10,12-15H,11H2,1-2H3,(H,24,26,27). The van der Waals surface area contributed by atoms with Gasteiger partial charge < -0.3 is 14.6 Å². The van der Waals surface area contributed by atoms with Crippen LogP contribution in [-0.2, 0) is 13.6 Å². The fourth-order valence-corrected chi connectivity index (χ4v) is 3.42. The third-order valence-electron chi connectivity index (χ3n) is 5.08. The summed E-state index contributed by atoms with van der Waals surface area (Å²) in [6, 6.07) is 14.1. The lowest BCUT2D eigenvalue weighted by molar-refractivity contribution is 0.414. The number of anilines is 1. The first-order valence-electron chi connectivity index (χ1n) is 9.84. The SMILES string of the molecule is COc1ccn2c(-c3cc(NCc4ccc(-c5cn(C)cn5)cc4)ncn3)cnc2c1. The Kier molecular flexibility index (Phi) is 4.80. The zero-order valence-electron chi connectivity index (χ0n) is 17.2. The van der Waals surface area contributed by atoms with E-state index < -0.39 is 0 Å². The van der Waals surface area contributed by atoms with Crippen LogP contribution >= 0.6 is 0 Å².